The van der Waals surface area contributed by atoms with E-state index in [1.807, 2.05) is 28.9 Å². The molecule has 0 spiro atoms. The summed E-state index contributed by atoms with van der Waals surface area (Å²) in [5.74, 6) is 1.24. The fourth-order valence-corrected chi connectivity index (χ4v) is 1.95. The second-order valence-corrected chi connectivity index (χ2v) is 4.37. The molecule has 0 radical (unpaired) electrons. The molecule has 1 aromatic carbocycles. The summed E-state index contributed by atoms with van der Waals surface area (Å²) in [6, 6.07) is 8.17. The van der Waals surface area contributed by atoms with E-state index in [1.54, 1.807) is 19.2 Å². The maximum atomic E-state index is 10.7. The summed E-state index contributed by atoms with van der Waals surface area (Å²) in [6.07, 6.45) is 5.34. The van der Waals surface area contributed by atoms with Crippen LogP contribution in [0.2, 0.25) is 0 Å². The monoisotopic (exact) mass is 269 g/mol. The average Bonchev–Trinajstić information content (AvgIpc) is 2.88. The first-order valence-corrected chi connectivity index (χ1v) is 5.99. The number of fused-ring (bicyclic) bond motifs is 1. The number of pyridine rings is 1. The van der Waals surface area contributed by atoms with Gasteiger partial charge in [-0.05, 0) is 30.7 Å². The molecule has 0 atom stereocenters. The summed E-state index contributed by atoms with van der Waals surface area (Å²) in [4.78, 5) is 14.4. The van der Waals surface area contributed by atoms with Crippen molar-refractivity contribution in [3.05, 3.63) is 64.6 Å². The summed E-state index contributed by atoms with van der Waals surface area (Å²) in [5.41, 5.74) is 1.60. The molecule has 0 saturated heterocycles. The van der Waals surface area contributed by atoms with E-state index in [0.717, 1.165) is 5.65 Å². The largest absolute Gasteiger partial charge is 0.456 e. The lowest BCUT2D eigenvalue weighted by molar-refractivity contribution is -0.384. The number of nitro groups is 1. The van der Waals surface area contributed by atoms with Crippen LogP contribution < -0.4 is 4.74 Å². The molecular formula is C14H11N3O3. The first-order chi connectivity index (χ1) is 9.63. The van der Waals surface area contributed by atoms with E-state index in [9.17, 15) is 10.1 Å². The molecule has 0 bridgehead atoms. The molecule has 0 unspecified atom stereocenters. The van der Waals surface area contributed by atoms with Crippen molar-refractivity contribution in [2.45, 2.75) is 6.92 Å². The van der Waals surface area contributed by atoms with E-state index in [-0.39, 0.29) is 5.69 Å². The number of hydrogen-bond donors (Lipinski definition) is 0. The number of non-ortho nitro benzene ring substituents is 1. The Kier molecular flexibility index (Phi) is 2.83. The highest BCUT2D eigenvalue weighted by Crippen LogP contribution is 2.28. The molecule has 0 N–H and O–H groups in total. The number of aryl methyl sites for hydroxylation is 1. The molecule has 6 heteroatoms. The highest BCUT2D eigenvalue weighted by atomic mass is 16.6. The van der Waals surface area contributed by atoms with Crippen molar-refractivity contribution in [1.82, 2.24) is 9.38 Å². The van der Waals surface area contributed by atoms with Gasteiger partial charge in [0.1, 0.15) is 17.1 Å². The number of imidazole rings is 1. The van der Waals surface area contributed by atoms with Crippen molar-refractivity contribution < 1.29 is 9.66 Å². The average molecular weight is 269 g/mol. The van der Waals surface area contributed by atoms with Gasteiger partial charge in [-0.25, -0.2) is 4.98 Å². The Hall–Kier alpha value is -2.89. The normalized spacial score (nSPS) is 10.7. The van der Waals surface area contributed by atoms with Crippen LogP contribution in [0.4, 0.5) is 5.69 Å². The minimum absolute atomic E-state index is 0.0555. The van der Waals surface area contributed by atoms with E-state index in [1.165, 1.54) is 12.1 Å². The lowest BCUT2D eigenvalue weighted by Crippen LogP contribution is -1.93. The van der Waals surface area contributed by atoms with Crippen LogP contribution in [-0.4, -0.2) is 14.3 Å². The van der Waals surface area contributed by atoms with Crippen molar-refractivity contribution >= 4 is 11.3 Å². The molecule has 0 aliphatic rings. The highest BCUT2D eigenvalue weighted by molar-refractivity contribution is 5.46. The summed E-state index contributed by atoms with van der Waals surface area (Å²) in [7, 11) is 0. The second-order valence-electron chi connectivity index (χ2n) is 4.37. The predicted octanol–water partition coefficient (Wildman–Crippen LogP) is 3.34. The number of nitrogens with zero attached hydrogens (tertiary/aromatic N) is 3. The third-order valence-electron chi connectivity index (χ3n) is 2.96. The van der Waals surface area contributed by atoms with Crippen molar-refractivity contribution in [1.29, 1.82) is 0 Å². The van der Waals surface area contributed by atoms with Crippen LogP contribution in [0.15, 0.2) is 48.9 Å². The van der Waals surface area contributed by atoms with E-state index >= 15 is 0 Å². The zero-order valence-electron chi connectivity index (χ0n) is 10.7. The molecule has 0 saturated carbocycles. The lowest BCUT2D eigenvalue weighted by atomic mass is 10.2. The topological polar surface area (TPSA) is 69.7 Å². The number of rotatable bonds is 3. The van der Waals surface area contributed by atoms with E-state index < -0.39 is 4.92 Å². The number of ether oxygens (including phenoxy) is 1. The Morgan fingerprint density at radius 1 is 1.30 bits per heavy atom. The summed E-state index contributed by atoms with van der Waals surface area (Å²) < 4.78 is 7.59. The number of nitro benzene ring substituents is 1. The molecule has 0 aliphatic carbocycles. The lowest BCUT2D eigenvalue weighted by Gasteiger charge is -2.08. The molecule has 20 heavy (non-hydrogen) atoms. The number of aromatic nitrogens is 2. The molecule has 2 aromatic heterocycles. The van der Waals surface area contributed by atoms with Gasteiger partial charge in [-0.3, -0.25) is 10.1 Å². The van der Waals surface area contributed by atoms with Gasteiger partial charge < -0.3 is 9.14 Å². The molecule has 0 aliphatic heterocycles. The summed E-state index contributed by atoms with van der Waals surface area (Å²) >= 11 is 0. The summed E-state index contributed by atoms with van der Waals surface area (Å²) in [6.45, 7) is 1.78. The predicted molar refractivity (Wildman–Crippen MR) is 73.1 cm³/mol. The van der Waals surface area contributed by atoms with Crippen LogP contribution in [-0.2, 0) is 0 Å². The quantitative estimate of drug-likeness (QED) is 0.540. The molecule has 0 fully saturated rings. The van der Waals surface area contributed by atoms with Gasteiger partial charge in [0, 0.05) is 24.5 Å². The Labute approximate surface area is 114 Å². The molecular weight excluding hydrogens is 258 g/mol. The van der Waals surface area contributed by atoms with E-state index in [0.29, 0.717) is 17.1 Å². The van der Waals surface area contributed by atoms with Gasteiger partial charge in [0.15, 0.2) is 0 Å². The minimum Gasteiger partial charge on any atom is -0.456 e. The zero-order valence-corrected chi connectivity index (χ0v) is 10.7. The molecule has 3 aromatic rings. The molecule has 3 rings (SSSR count). The maximum absolute atomic E-state index is 10.7. The maximum Gasteiger partial charge on any atom is 0.269 e. The van der Waals surface area contributed by atoms with E-state index in [4.69, 9.17) is 4.74 Å². The standard InChI is InChI=1S/C14H11N3O3/c1-10-8-11(17(18)19)2-4-13(10)20-12-3-5-14-15-6-7-16(14)9-12/h2-9H,1H3. The van der Waals surface area contributed by atoms with Crippen molar-refractivity contribution in [2.24, 2.45) is 0 Å². The third kappa shape index (κ3) is 2.18. The smallest absolute Gasteiger partial charge is 0.269 e. The van der Waals surface area contributed by atoms with Crippen LogP contribution in [0.5, 0.6) is 11.5 Å². The van der Waals surface area contributed by atoms with Gasteiger partial charge in [-0.2, -0.15) is 0 Å². The van der Waals surface area contributed by atoms with Crippen LogP contribution in [0.1, 0.15) is 5.56 Å². The van der Waals surface area contributed by atoms with E-state index in [2.05, 4.69) is 4.98 Å². The van der Waals surface area contributed by atoms with Crippen LogP contribution in [0.3, 0.4) is 0 Å². The second kappa shape index (κ2) is 4.65. The third-order valence-corrected chi connectivity index (χ3v) is 2.96. The SMILES string of the molecule is Cc1cc([N+](=O)[O-])ccc1Oc1ccc2nccn2c1. The molecule has 2 heterocycles. The first kappa shape index (κ1) is 12.2. The Morgan fingerprint density at radius 3 is 2.90 bits per heavy atom. The number of hydrogen-bond acceptors (Lipinski definition) is 4. The van der Waals surface area contributed by atoms with Crippen LogP contribution in [0.25, 0.3) is 5.65 Å². The summed E-state index contributed by atoms with van der Waals surface area (Å²) in [5, 5.41) is 10.7. The Morgan fingerprint density at radius 2 is 2.15 bits per heavy atom. The molecule has 0 amide bonds. The van der Waals surface area contributed by atoms with Crippen LogP contribution in [0, 0.1) is 17.0 Å². The fourth-order valence-electron chi connectivity index (χ4n) is 1.95. The fraction of sp³-hybridized carbons (Fsp3) is 0.0714. The number of benzene rings is 1. The first-order valence-electron chi connectivity index (χ1n) is 5.99. The Bertz CT molecular complexity index is 795. The van der Waals surface area contributed by atoms with Gasteiger partial charge in [-0.15, -0.1) is 0 Å². The van der Waals surface area contributed by atoms with Crippen molar-refractivity contribution in [2.75, 3.05) is 0 Å². The van der Waals surface area contributed by atoms with Crippen molar-refractivity contribution in [3.8, 4) is 11.5 Å². The van der Waals surface area contributed by atoms with Crippen molar-refractivity contribution in [3.63, 3.8) is 0 Å². The van der Waals surface area contributed by atoms with Gasteiger partial charge in [0.2, 0.25) is 0 Å². The van der Waals surface area contributed by atoms with Gasteiger partial charge in [-0.1, -0.05) is 0 Å². The highest BCUT2D eigenvalue weighted by Gasteiger charge is 2.09. The minimum atomic E-state index is -0.422. The van der Waals surface area contributed by atoms with Gasteiger partial charge in [0.25, 0.3) is 5.69 Å². The zero-order chi connectivity index (χ0) is 14.1. The Balaban J connectivity index is 1.92. The van der Waals surface area contributed by atoms with Crippen LogP contribution >= 0.6 is 0 Å². The van der Waals surface area contributed by atoms with Gasteiger partial charge in [0.05, 0.1) is 11.1 Å². The molecule has 6 nitrogen and oxygen atoms in total. The van der Waals surface area contributed by atoms with Gasteiger partial charge >= 0.3 is 0 Å². The molecule has 100 valence electrons.